The van der Waals surface area contributed by atoms with Crippen LogP contribution in [-0.2, 0) is 4.79 Å². The third-order valence-electron chi connectivity index (χ3n) is 4.46. The Hall–Kier alpha value is -2.58. The zero-order valence-electron chi connectivity index (χ0n) is 14.0. The molecule has 1 amide bonds. The van der Waals surface area contributed by atoms with Gasteiger partial charge in [-0.05, 0) is 25.5 Å². The van der Waals surface area contributed by atoms with Gasteiger partial charge in [0, 0.05) is 29.6 Å². The molecule has 4 aromatic rings. The van der Waals surface area contributed by atoms with E-state index in [0.29, 0.717) is 18.9 Å². The second-order valence-corrected chi connectivity index (χ2v) is 8.01. The van der Waals surface area contributed by atoms with E-state index in [9.17, 15) is 4.79 Å². The Morgan fingerprint density at radius 3 is 2.92 bits per heavy atom. The highest BCUT2D eigenvalue weighted by atomic mass is 32.1. The predicted molar refractivity (Wildman–Crippen MR) is 105 cm³/mol. The number of aromatic amines is 1. The summed E-state index contributed by atoms with van der Waals surface area (Å²) in [6.07, 6.45) is 1.45. The number of hydrogen-bond donors (Lipinski definition) is 1. The van der Waals surface area contributed by atoms with Crippen LogP contribution in [0.25, 0.3) is 32.2 Å². The molecule has 130 valence electrons. The minimum absolute atomic E-state index is 0.116. The van der Waals surface area contributed by atoms with Crippen LogP contribution in [0.4, 0.5) is 5.95 Å². The van der Waals surface area contributed by atoms with Gasteiger partial charge >= 0.3 is 0 Å². The highest BCUT2D eigenvalue weighted by Crippen LogP contribution is 2.36. The normalized spacial score (nSPS) is 14.7. The number of thiazole rings is 2. The van der Waals surface area contributed by atoms with Gasteiger partial charge in [-0.2, -0.15) is 0 Å². The van der Waals surface area contributed by atoms with Crippen molar-refractivity contribution >= 4 is 44.7 Å². The van der Waals surface area contributed by atoms with Crippen molar-refractivity contribution in [1.29, 1.82) is 0 Å². The summed E-state index contributed by atoms with van der Waals surface area (Å²) in [4.78, 5) is 31.0. The fourth-order valence-corrected chi connectivity index (χ4v) is 4.71. The number of H-pyrrole nitrogens is 1. The van der Waals surface area contributed by atoms with Crippen molar-refractivity contribution < 1.29 is 4.79 Å². The van der Waals surface area contributed by atoms with Gasteiger partial charge < -0.3 is 4.98 Å². The Labute approximate surface area is 157 Å². The monoisotopic (exact) mass is 381 g/mol. The van der Waals surface area contributed by atoms with Crippen LogP contribution in [0.5, 0.6) is 0 Å². The van der Waals surface area contributed by atoms with E-state index in [0.717, 1.165) is 44.3 Å². The largest absolute Gasteiger partial charge is 0.321 e. The molecule has 1 aliphatic heterocycles. The van der Waals surface area contributed by atoms with Crippen molar-refractivity contribution in [2.24, 2.45) is 0 Å². The van der Waals surface area contributed by atoms with Crippen LogP contribution < -0.4 is 4.90 Å². The number of carbonyl (C=O) groups is 1. The quantitative estimate of drug-likeness (QED) is 0.576. The van der Waals surface area contributed by atoms with Gasteiger partial charge in [0.05, 0.1) is 15.7 Å². The molecule has 0 bridgehead atoms. The standard InChI is InChI=1S/C18H15N5OS2/c1-10-8-25-17(20-10)16-15(11-4-5-12-13(7-11)26-9-19-12)21-18(22-16)23-6-2-3-14(23)24/h4-5,7-9H,2-3,6H2,1H3,(H,21,22). The lowest BCUT2D eigenvalue weighted by molar-refractivity contribution is -0.117. The van der Waals surface area contributed by atoms with E-state index in [4.69, 9.17) is 4.98 Å². The average molecular weight is 381 g/mol. The van der Waals surface area contributed by atoms with Gasteiger partial charge in [0.15, 0.2) is 0 Å². The molecule has 0 atom stereocenters. The first-order valence-electron chi connectivity index (χ1n) is 8.35. The molecular formula is C18H15N5OS2. The molecule has 0 radical (unpaired) electrons. The molecule has 1 N–H and O–H groups in total. The maximum absolute atomic E-state index is 12.2. The summed E-state index contributed by atoms with van der Waals surface area (Å²) in [6.45, 7) is 2.68. The fourth-order valence-electron chi connectivity index (χ4n) is 3.20. The Kier molecular flexibility index (Phi) is 3.61. The van der Waals surface area contributed by atoms with Gasteiger partial charge in [-0.3, -0.25) is 9.69 Å². The first kappa shape index (κ1) is 15.7. The smallest absolute Gasteiger partial charge is 0.229 e. The van der Waals surface area contributed by atoms with E-state index in [2.05, 4.69) is 21.0 Å². The Morgan fingerprint density at radius 2 is 2.15 bits per heavy atom. The molecule has 1 aliphatic rings. The molecular weight excluding hydrogens is 366 g/mol. The summed E-state index contributed by atoms with van der Waals surface area (Å²) >= 11 is 3.19. The lowest BCUT2D eigenvalue weighted by Crippen LogP contribution is -2.24. The van der Waals surface area contributed by atoms with E-state index >= 15 is 0 Å². The number of aromatic nitrogens is 4. The Bertz CT molecular complexity index is 1130. The van der Waals surface area contributed by atoms with Gasteiger partial charge in [-0.25, -0.2) is 15.0 Å². The van der Waals surface area contributed by atoms with E-state index in [-0.39, 0.29) is 5.91 Å². The number of anilines is 1. The van der Waals surface area contributed by atoms with Crippen LogP contribution in [0.15, 0.2) is 29.1 Å². The average Bonchev–Trinajstić information content (AvgIpc) is 3.39. The molecule has 0 unspecified atom stereocenters. The highest BCUT2D eigenvalue weighted by Gasteiger charge is 2.27. The van der Waals surface area contributed by atoms with E-state index in [1.165, 1.54) is 0 Å². The summed E-state index contributed by atoms with van der Waals surface area (Å²) < 4.78 is 1.12. The second kappa shape index (κ2) is 6.00. The van der Waals surface area contributed by atoms with E-state index in [1.807, 2.05) is 29.9 Å². The minimum Gasteiger partial charge on any atom is -0.321 e. The topological polar surface area (TPSA) is 74.8 Å². The summed E-state index contributed by atoms with van der Waals surface area (Å²) in [7, 11) is 0. The maximum Gasteiger partial charge on any atom is 0.229 e. The fraction of sp³-hybridized carbons (Fsp3) is 0.222. The molecule has 6 nitrogen and oxygen atoms in total. The zero-order valence-corrected chi connectivity index (χ0v) is 15.7. The minimum atomic E-state index is 0.116. The van der Waals surface area contributed by atoms with E-state index < -0.39 is 0 Å². The zero-order chi connectivity index (χ0) is 17.7. The van der Waals surface area contributed by atoms with Crippen molar-refractivity contribution in [3.05, 3.63) is 34.8 Å². The second-order valence-electron chi connectivity index (χ2n) is 6.26. The number of nitrogens with zero attached hydrogens (tertiary/aromatic N) is 4. The molecule has 26 heavy (non-hydrogen) atoms. The number of hydrogen-bond acceptors (Lipinski definition) is 6. The van der Waals surface area contributed by atoms with Crippen molar-refractivity contribution in [3.63, 3.8) is 0 Å². The van der Waals surface area contributed by atoms with Crippen LogP contribution in [0.3, 0.4) is 0 Å². The summed E-state index contributed by atoms with van der Waals surface area (Å²) in [6, 6.07) is 6.13. The first-order valence-corrected chi connectivity index (χ1v) is 10.1. The number of amides is 1. The Balaban J connectivity index is 1.68. The van der Waals surface area contributed by atoms with Gasteiger partial charge in [-0.15, -0.1) is 22.7 Å². The third kappa shape index (κ3) is 2.53. The highest BCUT2D eigenvalue weighted by molar-refractivity contribution is 7.16. The number of benzene rings is 1. The third-order valence-corrected chi connectivity index (χ3v) is 6.23. The molecule has 0 aliphatic carbocycles. The molecule has 1 aromatic carbocycles. The van der Waals surface area contributed by atoms with Gasteiger partial charge in [0.25, 0.3) is 0 Å². The number of fused-ring (bicyclic) bond motifs is 1. The lowest BCUT2D eigenvalue weighted by atomic mass is 10.1. The van der Waals surface area contributed by atoms with Crippen LogP contribution in [0.2, 0.25) is 0 Å². The molecule has 3 aromatic heterocycles. The lowest BCUT2D eigenvalue weighted by Gasteiger charge is -2.10. The molecule has 4 heterocycles. The van der Waals surface area contributed by atoms with Crippen molar-refractivity contribution in [2.75, 3.05) is 11.4 Å². The van der Waals surface area contributed by atoms with Crippen molar-refractivity contribution in [3.8, 4) is 22.0 Å². The molecule has 5 rings (SSSR count). The molecule has 0 saturated carbocycles. The molecule has 1 fully saturated rings. The number of carbonyl (C=O) groups excluding carboxylic acids is 1. The Morgan fingerprint density at radius 1 is 1.23 bits per heavy atom. The summed E-state index contributed by atoms with van der Waals surface area (Å²) in [5.74, 6) is 0.722. The van der Waals surface area contributed by atoms with Gasteiger partial charge in [-0.1, -0.05) is 6.07 Å². The molecule has 8 heteroatoms. The van der Waals surface area contributed by atoms with Crippen LogP contribution in [-0.4, -0.2) is 32.4 Å². The van der Waals surface area contributed by atoms with Crippen molar-refractivity contribution in [2.45, 2.75) is 19.8 Å². The first-order chi connectivity index (χ1) is 12.7. The van der Waals surface area contributed by atoms with Crippen LogP contribution in [0, 0.1) is 6.92 Å². The number of aryl methyl sites for hydroxylation is 1. The number of imidazole rings is 1. The molecule has 1 saturated heterocycles. The number of rotatable bonds is 3. The summed E-state index contributed by atoms with van der Waals surface area (Å²) in [5, 5.41) is 2.90. The van der Waals surface area contributed by atoms with Crippen LogP contribution in [0.1, 0.15) is 18.5 Å². The summed E-state index contributed by atoms with van der Waals surface area (Å²) in [5.41, 5.74) is 6.49. The van der Waals surface area contributed by atoms with Crippen LogP contribution >= 0.6 is 22.7 Å². The van der Waals surface area contributed by atoms with Crippen molar-refractivity contribution in [1.82, 2.24) is 19.9 Å². The molecule has 0 spiro atoms. The predicted octanol–water partition coefficient (Wildman–Crippen LogP) is 4.25. The van der Waals surface area contributed by atoms with Gasteiger partial charge in [0.2, 0.25) is 11.9 Å². The van der Waals surface area contributed by atoms with E-state index in [1.54, 1.807) is 27.6 Å². The van der Waals surface area contributed by atoms with Gasteiger partial charge in [0.1, 0.15) is 16.4 Å². The number of nitrogens with one attached hydrogen (secondary N) is 1. The SMILES string of the molecule is Cc1csc(-c2[nH]c(N3CCCC3=O)nc2-c2ccc3ncsc3c2)n1. The maximum atomic E-state index is 12.2.